The number of ether oxygens (including phenoxy) is 4. The zero-order valence-corrected chi connectivity index (χ0v) is 60.6. The van der Waals surface area contributed by atoms with Crippen molar-refractivity contribution in [3.05, 3.63) is 0 Å². The minimum absolute atomic E-state index is 0.102. The number of carbonyl (C=O) groups is 4. The van der Waals surface area contributed by atoms with E-state index in [0.717, 1.165) is 114 Å². The third-order valence-electron chi connectivity index (χ3n) is 16.7. The summed E-state index contributed by atoms with van der Waals surface area (Å²) in [6, 6.07) is 0. The second-order valence-electron chi connectivity index (χ2n) is 27.3. The molecule has 19 heteroatoms. The second kappa shape index (κ2) is 60.7. The van der Waals surface area contributed by atoms with Crippen LogP contribution in [0.25, 0.3) is 0 Å². The number of hydrogen-bond donors (Lipinski definition) is 3. The van der Waals surface area contributed by atoms with Crippen molar-refractivity contribution in [1.82, 2.24) is 0 Å². The van der Waals surface area contributed by atoms with Gasteiger partial charge in [0, 0.05) is 25.7 Å². The highest BCUT2D eigenvalue weighted by atomic mass is 31.2. The molecular weight excluding hydrogens is 1190 g/mol. The lowest BCUT2D eigenvalue weighted by atomic mass is 10.00. The first-order valence-electron chi connectivity index (χ1n) is 36.7. The van der Waals surface area contributed by atoms with E-state index in [1.165, 1.54) is 148 Å². The second-order valence-corrected chi connectivity index (χ2v) is 30.2. The van der Waals surface area contributed by atoms with Gasteiger partial charge in [-0.05, 0) is 49.4 Å². The van der Waals surface area contributed by atoms with E-state index >= 15 is 0 Å². The van der Waals surface area contributed by atoms with Gasteiger partial charge in [0.2, 0.25) is 0 Å². The first-order chi connectivity index (χ1) is 43.1. The maximum Gasteiger partial charge on any atom is 0.472 e. The van der Waals surface area contributed by atoms with Crippen molar-refractivity contribution in [2.75, 3.05) is 39.6 Å². The van der Waals surface area contributed by atoms with Crippen LogP contribution in [0.2, 0.25) is 0 Å². The Hall–Kier alpha value is -1.94. The Morgan fingerprint density at radius 3 is 0.789 bits per heavy atom. The van der Waals surface area contributed by atoms with Crippen LogP contribution >= 0.6 is 15.6 Å². The monoisotopic (exact) mass is 1320 g/mol. The lowest BCUT2D eigenvalue weighted by Gasteiger charge is -2.21. The van der Waals surface area contributed by atoms with Crippen LogP contribution < -0.4 is 0 Å². The third-order valence-corrected chi connectivity index (χ3v) is 18.6. The molecule has 0 aromatic heterocycles. The summed E-state index contributed by atoms with van der Waals surface area (Å²) in [5.41, 5.74) is 0. The number of phosphoric ester groups is 2. The molecule has 0 heterocycles. The van der Waals surface area contributed by atoms with Gasteiger partial charge in [0.15, 0.2) is 12.2 Å². The normalized spacial score (nSPS) is 14.6. The smallest absolute Gasteiger partial charge is 0.462 e. The topological polar surface area (TPSA) is 237 Å². The molecule has 0 spiro atoms. The van der Waals surface area contributed by atoms with Gasteiger partial charge in [0.25, 0.3) is 0 Å². The summed E-state index contributed by atoms with van der Waals surface area (Å²) >= 11 is 0. The molecule has 0 saturated carbocycles. The Balaban J connectivity index is 5.25. The Bertz CT molecular complexity index is 1780. The van der Waals surface area contributed by atoms with E-state index in [2.05, 4.69) is 55.4 Å². The van der Waals surface area contributed by atoms with Crippen LogP contribution in [0.1, 0.15) is 351 Å². The van der Waals surface area contributed by atoms with Gasteiger partial charge in [0.05, 0.1) is 26.4 Å². The van der Waals surface area contributed by atoms with Crippen LogP contribution in [0.15, 0.2) is 0 Å². The molecule has 6 atom stereocenters. The minimum Gasteiger partial charge on any atom is -0.462 e. The van der Waals surface area contributed by atoms with E-state index < -0.39 is 97.5 Å². The highest BCUT2D eigenvalue weighted by molar-refractivity contribution is 7.47. The molecule has 0 rings (SSSR count). The fourth-order valence-electron chi connectivity index (χ4n) is 10.6. The number of aliphatic hydroxyl groups is 1. The summed E-state index contributed by atoms with van der Waals surface area (Å²) in [6.45, 7) is 14.1. The molecule has 0 aromatic rings. The number of hydrogen-bond acceptors (Lipinski definition) is 15. The summed E-state index contributed by atoms with van der Waals surface area (Å²) < 4.78 is 68.3. The first-order valence-corrected chi connectivity index (χ1v) is 39.7. The van der Waals surface area contributed by atoms with Crippen LogP contribution in [-0.2, 0) is 65.4 Å². The number of carbonyl (C=O) groups excluding carboxylic acids is 4. The Morgan fingerprint density at radius 1 is 0.311 bits per heavy atom. The molecule has 0 saturated heterocycles. The number of esters is 4. The molecule has 17 nitrogen and oxygen atoms in total. The molecular formula is C71H138O17P2. The van der Waals surface area contributed by atoms with Crippen molar-refractivity contribution >= 4 is 39.5 Å². The first kappa shape index (κ1) is 88.1. The zero-order valence-electron chi connectivity index (χ0n) is 58.8. The molecule has 0 aliphatic carbocycles. The Labute approximate surface area is 549 Å². The summed E-state index contributed by atoms with van der Waals surface area (Å²) in [6.07, 6.45) is 43.2. The molecule has 0 fully saturated rings. The van der Waals surface area contributed by atoms with Crippen molar-refractivity contribution < 1.29 is 80.2 Å². The van der Waals surface area contributed by atoms with E-state index in [0.29, 0.717) is 31.6 Å². The molecule has 4 unspecified atom stereocenters. The molecule has 0 bridgehead atoms. The maximum atomic E-state index is 13.0. The van der Waals surface area contributed by atoms with Crippen LogP contribution in [0.5, 0.6) is 0 Å². The van der Waals surface area contributed by atoms with E-state index in [-0.39, 0.29) is 25.7 Å². The van der Waals surface area contributed by atoms with E-state index in [4.69, 9.17) is 37.0 Å². The summed E-state index contributed by atoms with van der Waals surface area (Å²) in [4.78, 5) is 72.6. The van der Waals surface area contributed by atoms with E-state index in [1.54, 1.807) is 0 Å². The van der Waals surface area contributed by atoms with Crippen molar-refractivity contribution in [3.63, 3.8) is 0 Å². The summed E-state index contributed by atoms with van der Waals surface area (Å²) in [5, 5.41) is 10.6. The van der Waals surface area contributed by atoms with Gasteiger partial charge in [-0.2, -0.15) is 0 Å². The van der Waals surface area contributed by atoms with E-state index in [1.807, 2.05) is 0 Å². The number of unbranched alkanes of at least 4 members (excludes halogenated alkanes) is 33. The zero-order chi connectivity index (χ0) is 66.8. The lowest BCUT2D eigenvalue weighted by Crippen LogP contribution is -2.30. The fourth-order valence-corrected chi connectivity index (χ4v) is 12.2. The molecule has 0 aliphatic rings. The molecule has 0 aromatic carbocycles. The standard InChI is InChI=1S/C71H138O17P2/c1-9-64(8)50-42-34-29-30-38-46-54-71(76)88-67(58-82-69(74)52-44-36-28-22-25-33-41-49-63(6)7)60-86-90(79,80)84-56-65(72)55-83-89(77,78)85-59-66(57-81-68(73)51-43-35-26-20-17-13-15-19-24-32-40-48-62(4)5)87-70(75)53-45-37-27-21-16-12-10-11-14-18-23-31-39-47-61(2)3/h61-67,72H,9-60H2,1-8H3,(H,77,78)(H,79,80)/t64?,65?,66-,67-/m1/s1. The SMILES string of the molecule is CCC(C)CCCCCCCCC(=O)O[C@H](COC(=O)CCCCCCCCCC(C)C)COP(=O)(O)OCC(O)COP(=O)(O)OC[C@@H](COC(=O)CCCCCCCCCCCCCC(C)C)OC(=O)CCCCCCCCCCCCCCCC(C)C. The van der Waals surface area contributed by atoms with Gasteiger partial charge in [-0.25, -0.2) is 9.13 Å². The lowest BCUT2D eigenvalue weighted by molar-refractivity contribution is -0.161. The average Bonchev–Trinajstić information content (AvgIpc) is 3.69. The van der Waals surface area contributed by atoms with Gasteiger partial charge >= 0.3 is 39.5 Å². The predicted molar refractivity (Wildman–Crippen MR) is 363 cm³/mol. The molecule has 0 amide bonds. The van der Waals surface area contributed by atoms with E-state index in [9.17, 15) is 43.2 Å². The summed E-state index contributed by atoms with van der Waals surface area (Å²) in [7, 11) is -9.90. The van der Waals surface area contributed by atoms with Crippen molar-refractivity contribution in [2.45, 2.75) is 369 Å². The number of aliphatic hydroxyl groups excluding tert-OH is 1. The Morgan fingerprint density at radius 2 is 0.533 bits per heavy atom. The Kier molecular flexibility index (Phi) is 59.4. The third kappa shape index (κ3) is 63.5. The van der Waals surface area contributed by atoms with Crippen LogP contribution in [-0.4, -0.2) is 96.7 Å². The number of phosphoric acid groups is 2. The van der Waals surface area contributed by atoms with Crippen LogP contribution in [0.4, 0.5) is 0 Å². The highest BCUT2D eigenvalue weighted by Gasteiger charge is 2.30. The molecule has 0 radical (unpaired) electrons. The molecule has 90 heavy (non-hydrogen) atoms. The van der Waals surface area contributed by atoms with Crippen LogP contribution in [0.3, 0.4) is 0 Å². The van der Waals surface area contributed by atoms with Gasteiger partial charge in [-0.3, -0.25) is 37.3 Å². The molecule has 534 valence electrons. The predicted octanol–water partition coefficient (Wildman–Crippen LogP) is 20.1. The van der Waals surface area contributed by atoms with Crippen molar-refractivity contribution in [3.8, 4) is 0 Å². The quantitative estimate of drug-likeness (QED) is 0.0222. The molecule has 0 aliphatic heterocycles. The highest BCUT2D eigenvalue weighted by Crippen LogP contribution is 2.45. The minimum atomic E-state index is -4.95. The summed E-state index contributed by atoms with van der Waals surface area (Å²) in [5.74, 6) is 0.852. The van der Waals surface area contributed by atoms with Gasteiger partial charge in [-0.1, -0.05) is 299 Å². The van der Waals surface area contributed by atoms with Gasteiger partial charge in [-0.15, -0.1) is 0 Å². The van der Waals surface area contributed by atoms with Crippen molar-refractivity contribution in [2.24, 2.45) is 23.7 Å². The maximum absolute atomic E-state index is 13.0. The van der Waals surface area contributed by atoms with Gasteiger partial charge in [0.1, 0.15) is 19.3 Å². The average molecular weight is 1330 g/mol. The molecule has 3 N–H and O–H groups in total. The largest absolute Gasteiger partial charge is 0.472 e. The van der Waals surface area contributed by atoms with Crippen molar-refractivity contribution in [1.29, 1.82) is 0 Å². The number of rotatable bonds is 68. The van der Waals surface area contributed by atoms with Gasteiger partial charge < -0.3 is 33.8 Å². The van der Waals surface area contributed by atoms with Crippen LogP contribution in [0, 0.1) is 23.7 Å². The fraction of sp³-hybridized carbons (Fsp3) is 0.944.